The summed E-state index contributed by atoms with van der Waals surface area (Å²) < 4.78 is 81.8. The monoisotopic (exact) mass is 327 g/mol. The predicted octanol–water partition coefficient (Wildman–Crippen LogP) is 3.25. The highest BCUT2D eigenvalue weighted by Crippen LogP contribution is 2.39. The molecule has 0 spiro atoms. The summed E-state index contributed by atoms with van der Waals surface area (Å²) in [5, 5.41) is 0. The van der Waals surface area contributed by atoms with Crippen LogP contribution >= 0.6 is 0 Å². The first-order chi connectivity index (χ1) is 10.0. The van der Waals surface area contributed by atoms with Crippen LogP contribution in [-0.2, 0) is 17.1 Å². The van der Waals surface area contributed by atoms with Crippen molar-refractivity contribution < 1.29 is 31.1 Å². The zero-order valence-electron chi connectivity index (χ0n) is 11.1. The molecule has 0 radical (unpaired) electrons. The standard InChI is InChI=1S/C12H11F6N3O/c1-22-4-7(19)10-20-8-3-5(11(13,14)15)2-6(9(8)21-10)12(16,17)18/h2-3,7H,4,19H2,1H3,(H,20,21)/t7-/m1/s1. The van der Waals surface area contributed by atoms with Gasteiger partial charge in [-0.25, -0.2) is 4.98 Å². The van der Waals surface area contributed by atoms with E-state index in [1.807, 2.05) is 0 Å². The Labute approximate surface area is 120 Å². The van der Waals surface area contributed by atoms with Crippen LogP contribution in [0.2, 0.25) is 0 Å². The Morgan fingerprint density at radius 2 is 1.82 bits per heavy atom. The van der Waals surface area contributed by atoms with E-state index in [-0.39, 0.29) is 24.0 Å². The van der Waals surface area contributed by atoms with Crippen LogP contribution < -0.4 is 5.73 Å². The van der Waals surface area contributed by atoms with Crippen LogP contribution in [0.4, 0.5) is 26.3 Å². The Morgan fingerprint density at radius 1 is 1.18 bits per heavy atom. The number of halogens is 6. The number of H-pyrrole nitrogens is 1. The highest BCUT2D eigenvalue weighted by Gasteiger charge is 2.39. The molecule has 0 aliphatic heterocycles. The molecule has 0 bridgehead atoms. The minimum absolute atomic E-state index is 0.0365. The molecule has 1 aromatic carbocycles. The van der Waals surface area contributed by atoms with Crippen molar-refractivity contribution >= 4 is 11.0 Å². The number of hydrogen-bond donors (Lipinski definition) is 2. The molecule has 4 nitrogen and oxygen atoms in total. The van der Waals surface area contributed by atoms with Crippen molar-refractivity contribution in [3.05, 3.63) is 29.1 Å². The molecule has 0 aliphatic rings. The van der Waals surface area contributed by atoms with Gasteiger partial charge in [0, 0.05) is 7.11 Å². The molecule has 122 valence electrons. The zero-order chi connectivity index (χ0) is 16.7. The van der Waals surface area contributed by atoms with E-state index in [1.165, 1.54) is 7.11 Å². The van der Waals surface area contributed by atoms with E-state index in [4.69, 9.17) is 10.5 Å². The molecule has 3 N–H and O–H groups in total. The number of fused-ring (bicyclic) bond motifs is 1. The van der Waals surface area contributed by atoms with Gasteiger partial charge in [-0.05, 0) is 12.1 Å². The second-order valence-electron chi connectivity index (χ2n) is 4.60. The Kier molecular flexibility index (Phi) is 4.09. The molecule has 22 heavy (non-hydrogen) atoms. The first kappa shape index (κ1) is 16.6. The summed E-state index contributed by atoms with van der Waals surface area (Å²) in [6, 6.07) is -0.275. The van der Waals surface area contributed by atoms with Crippen LogP contribution in [0.3, 0.4) is 0 Å². The van der Waals surface area contributed by atoms with Gasteiger partial charge < -0.3 is 15.5 Å². The molecule has 2 aromatic rings. The van der Waals surface area contributed by atoms with Gasteiger partial charge in [0.1, 0.15) is 11.3 Å². The Morgan fingerprint density at radius 3 is 2.32 bits per heavy atom. The van der Waals surface area contributed by atoms with Gasteiger partial charge in [0.15, 0.2) is 0 Å². The predicted molar refractivity (Wildman–Crippen MR) is 64.9 cm³/mol. The minimum Gasteiger partial charge on any atom is -0.383 e. The molecule has 0 saturated carbocycles. The SMILES string of the molecule is COC[C@@H](N)c1nc2c(C(F)(F)F)cc(C(F)(F)F)cc2[nH]1. The Bertz CT molecular complexity index is 676. The lowest BCUT2D eigenvalue weighted by molar-refractivity contribution is -0.142. The summed E-state index contributed by atoms with van der Waals surface area (Å²) in [5.74, 6) is -0.0818. The van der Waals surface area contributed by atoms with Crippen LogP contribution in [0.5, 0.6) is 0 Å². The van der Waals surface area contributed by atoms with Crippen LogP contribution in [-0.4, -0.2) is 23.7 Å². The average molecular weight is 327 g/mol. The summed E-state index contributed by atoms with van der Waals surface area (Å²) in [4.78, 5) is 6.06. The molecule has 0 aliphatic carbocycles. The number of methoxy groups -OCH3 is 1. The van der Waals surface area contributed by atoms with Gasteiger partial charge in [0.2, 0.25) is 0 Å². The second kappa shape index (κ2) is 5.43. The fraction of sp³-hybridized carbons (Fsp3) is 0.417. The molecule has 0 unspecified atom stereocenters. The van der Waals surface area contributed by atoms with Gasteiger partial charge in [0.05, 0.1) is 29.3 Å². The lowest BCUT2D eigenvalue weighted by Crippen LogP contribution is -2.17. The molecule has 1 atom stereocenters. The molecule has 0 fully saturated rings. The summed E-state index contributed by atoms with van der Waals surface area (Å²) in [7, 11) is 1.32. The van der Waals surface area contributed by atoms with Crippen LogP contribution in [0.25, 0.3) is 11.0 Å². The Hall–Kier alpha value is -1.81. The maximum Gasteiger partial charge on any atom is 0.418 e. The van der Waals surface area contributed by atoms with E-state index in [0.29, 0.717) is 6.07 Å². The van der Waals surface area contributed by atoms with Crippen molar-refractivity contribution in [2.75, 3.05) is 13.7 Å². The van der Waals surface area contributed by atoms with Gasteiger partial charge in [0.25, 0.3) is 0 Å². The molecule has 0 amide bonds. The number of benzene rings is 1. The average Bonchev–Trinajstić information content (AvgIpc) is 2.79. The van der Waals surface area contributed by atoms with Gasteiger partial charge in [-0.2, -0.15) is 26.3 Å². The van der Waals surface area contributed by atoms with Crippen LogP contribution in [0.15, 0.2) is 12.1 Å². The number of imidazole rings is 1. The quantitative estimate of drug-likeness (QED) is 0.851. The van der Waals surface area contributed by atoms with E-state index in [1.54, 1.807) is 0 Å². The van der Waals surface area contributed by atoms with Gasteiger partial charge in [-0.15, -0.1) is 0 Å². The minimum atomic E-state index is -4.97. The lowest BCUT2D eigenvalue weighted by atomic mass is 10.1. The third kappa shape index (κ3) is 3.17. The first-order valence-electron chi connectivity index (χ1n) is 5.96. The number of hydrogen-bond acceptors (Lipinski definition) is 3. The lowest BCUT2D eigenvalue weighted by Gasteiger charge is -2.11. The van der Waals surface area contributed by atoms with Crippen molar-refractivity contribution in [1.82, 2.24) is 9.97 Å². The zero-order valence-corrected chi connectivity index (χ0v) is 11.1. The number of nitrogens with two attached hydrogens (primary N) is 1. The van der Waals surface area contributed by atoms with Crippen molar-refractivity contribution in [3.63, 3.8) is 0 Å². The molecular formula is C12H11F6N3O. The molecule has 1 heterocycles. The van der Waals surface area contributed by atoms with Crippen LogP contribution in [0, 0.1) is 0 Å². The summed E-state index contributed by atoms with van der Waals surface area (Å²) in [6.07, 6.45) is -9.88. The summed E-state index contributed by atoms with van der Waals surface area (Å²) >= 11 is 0. The van der Waals surface area contributed by atoms with Gasteiger partial charge in [-0.1, -0.05) is 0 Å². The maximum atomic E-state index is 13.0. The van der Waals surface area contributed by atoms with Gasteiger partial charge in [-0.3, -0.25) is 0 Å². The highest BCUT2D eigenvalue weighted by atomic mass is 19.4. The van der Waals surface area contributed by atoms with E-state index < -0.39 is 35.0 Å². The van der Waals surface area contributed by atoms with E-state index in [9.17, 15) is 26.3 Å². The number of aromatic nitrogens is 2. The second-order valence-corrected chi connectivity index (χ2v) is 4.60. The molecule has 1 aromatic heterocycles. The molecule has 2 rings (SSSR count). The summed E-state index contributed by atoms with van der Waals surface area (Å²) in [5.41, 5.74) is 1.75. The molecule has 0 saturated heterocycles. The smallest absolute Gasteiger partial charge is 0.383 e. The number of rotatable bonds is 3. The van der Waals surface area contributed by atoms with Crippen molar-refractivity contribution in [3.8, 4) is 0 Å². The van der Waals surface area contributed by atoms with Crippen LogP contribution in [0.1, 0.15) is 23.0 Å². The normalized spacial score (nSPS) is 14.5. The van der Waals surface area contributed by atoms with Crippen molar-refractivity contribution in [2.45, 2.75) is 18.4 Å². The van der Waals surface area contributed by atoms with E-state index >= 15 is 0 Å². The largest absolute Gasteiger partial charge is 0.418 e. The number of ether oxygens (including phenoxy) is 1. The third-order valence-electron chi connectivity index (χ3n) is 2.94. The molecular weight excluding hydrogens is 316 g/mol. The van der Waals surface area contributed by atoms with Crippen molar-refractivity contribution in [2.24, 2.45) is 5.73 Å². The third-order valence-corrected chi connectivity index (χ3v) is 2.94. The fourth-order valence-corrected chi connectivity index (χ4v) is 1.95. The molecule has 10 heteroatoms. The summed E-state index contributed by atoms with van der Waals surface area (Å²) in [6.45, 7) is -0.0483. The number of nitrogens with one attached hydrogen (secondary N) is 1. The highest BCUT2D eigenvalue weighted by molar-refractivity contribution is 5.80. The number of nitrogens with zero attached hydrogens (tertiary/aromatic N) is 1. The Balaban J connectivity index is 2.68. The van der Waals surface area contributed by atoms with Gasteiger partial charge >= 0.3 is 12.4 Å². The van der Waals surface area contributed by atoms with Crippen molar-refractivity contribution in [1.29, 1.82) is 0 Å². The number of aromatic amines is 1. The number of alkyl halides is 6. The van der Waals surface area contributed by atoms with E-state index in [0.717, 1.165) is 0 Å². The fourth-order valence-electron chi connectivity index (χ4n) is 1.95. The first-order valence-corrected chi connectivity index (χ1v) is 5.96. The van der Waals surface area contributed by atoms with E-state index in [2.05, 4.69) is 9.97 Å². The maximum absolute atomic E-state index is 13.0. The topological polar surface area (TPSA) is 63.9 Å².